The maximum Gasteiger partial charge on any atom is 0.259 e. The second-order valence-corrected chi connectivity index (χ2v) is 6.14. The van der Waals surface area contributed by atoms with Gasteiger partial charge >= 0.3 is 0 Å². The average molecular weight is 346 g/mol. The molecule has 5 nitrogen and oxygen atoms in total. The highest BCUT2D eigenvalue weighted by Crippen LogP contribution is 2.17. The van der Waals surface area contributed by atoms with Crippen molar-refractivity contribution in [2.45, 2.75) is 5.16 Å². The normalized spacial score (nSPS) is 10.7. The molecular weight excluding hydrogens is 334 g/mol. The number of para-hydroxylation sites is 1. The van der Waals surface area contributed by atoms with Gasteiger partial charge in [0.25, 0.3) is 5.56 Å². The molecule has 1 aromatic heterocycles. The molecule has 0 saturated carbocycles. The molecule has 1 heterocycles. The van der Waals surface area contributed by atoms with Crippen molar-refractivity contribution in [1.29, 1.82) is 0 Å². The van der Waals surface area contributed by atoms with Crippen LogP contribution in [0.15, 0.2) is 58.5 Å². The number of amides is 1. The lowest BCUT2D eigenvalue weighted by Gasteiger charge is -2.05. The first-order chi connectivity index (χ1) is 11.1. The van der Waals surface area contributed by atoms with E-state index in [1.807, 2.05) is 6.07 Å². The lowest BCUT2D eigenvalue weighted by molar-refractivity contribution is -0.113. The molecule has 0 aliphatic rings. The maximum atomic E-state index is 12.0. The fraction of sp³-hybridized carbons (Fsp3) is 0.0625. The van der Waals surface area contributed by atoms with Crippen molar-refractivity contribution in [2.24, 2.45) is 0 Å². The summed E-state index contributed by atoms with van der Waals surface area (Å²) in [6.07, 6.45) is 0. The van der Waals surface area contributed by atoms with Crippen LogP contribution in [-0.4, -0.2) is 21.6 Å². The fourth-order valence-electron chi connectivity index (χ4n) is 2.03. The Kier molecular flexibility index (Phi) is 4.64. The van der Waals surface area contributed by atoms with E-state index in [-0.39, 0.29) is 17.2 Å². The minimum absolute atomic E-state index is 0.133. The number of nitrogens with one attached hydrogen (secondary N) is 2. The zero-order chi connectivity index (χ0) is 16.2. The Labute approximate surface area is 141 Å². The van der Waals surface area contributed by atoms with Crippen molar-refractivity contribution < 1.29 is 4.79 Å². The number of rotatable bonds is 4. The van der Waals surface area contributed by atoms with Crippen LogP contribution >= 0.6 is 23.4 Å². The van der Waals surface area contributed by atoms with Gasteiger partial charge in [-0.15, -0.1) is 0 Å². The SMILES string of the molecule is O=C(CSc1nc2ccccc2c(=O)[nH]1)Nc1cccc(Cl)c1. The summed E-state index contributed by atoms with van der Waals surface area (Å²) >= 11 is 7.04. The summed E-state index contributed by atoms with van der Waals surface area (Å²) in [4.78, 5) is 30.9. The van der Waals surface area contributed by atoms with Crippen LogP contribution in [-0.2, 0) is 4.79 Å². The van der Waals surface area contributed by atoms with Gasteiger partial charge in [-0.05, 0) is 30.3 Å². The summed E-state index contributed by atoms with van der Waals surface area (Å²) in [6.45, 7) is 0. The molecule has 116 valence electrons. The largest absolute Gasteiger partial charge is 0.325 e. The second-order valence-electron chi connectivity index (χ2n) is 4.74. The second kappa shape index (κ2) is 6.85. The van der Waals surface area contributed by atoms with Gasteiger partial charge in [-0.1, -0.05) is 41.6 Å². The van der Waals surface area contributed by atoms with E-state index in [4.69, 9.17) is 11.6 Å². The number of aromatic amines is 1. The highest BCUT2D eigenvalue weighted by Gasteiger charge is 2.08. The molecule has 0 spiro atoms. The summed E-state index contributed by atoms with van der Waals surface area (Å²) in [5.74, 6) is -0.0681. The molecule has 3 aromatic rings. The molecule has 23 heavy (non-hydrogen) atoms. The summed E-state index contributed by atoms with van der Waals surface area (Å²) in [7, 11) is 0. The van der Waals surface area contributed by atoms with Crippen LogP contribution in [0.5, 0.6) is 0 Å². The van der Waals surface area contributed by atoms with E-state index in [0.717, 1.165) is 0 Å². The molecule has 0 atom stereocenters. The molecule has 7 heteroatoms. The maximum absolute atomic E-state index is 12.0. The number of halogens is 1. The topological polar surface area (TPSA) is 74.8 Å². The standard InChI is InChI=1S/C16H12ClN3O2S/c17-10-4-3-5-11(8-10)18-14(21)9-23-16-19-13-7-2-1-6-12(13)15(22)20-16/h1-8H,9H2,(H,18,21)(H,19,20,22). The molecular formula is C16H12ClN3O2S. The lowest BCUT2D eigenvalue weighted by atomic mass is 10.2. The molecule has 0 saturated heterocycles. The van der Waals surface area contributed by atoms with Crippen molar-refractivity contribution in [3.05, 3.63) is 63.9 Å². The van der Waals surface area contributed by atoms with Crippen LogP contribution in [0, 0.1) is 0 Å². The van der Waals surface area contributed by atoms with Gasteiger partial charge in [-0.3, -0.25) is 9.59 Å². The third kappa shape index (κ3) is 3.91. The van der Waals surface area contributed by atoms with Crippen molar-refractivity contribution >= 4 is 45.9 Å². The Morgan fingerprint density at radius 3 is 2.87 bits per heavy atom. The highest BCUT2D eigenvalue weighted by molar-refractivity contribution is 7.99. The summed E-state index contributed by atoms with van der Waals surface area (Å²) in [6, 6.07) is 14.0. The Balaban J connectivity index is 1.68. The number of benzene rings is 2. The smallest absolute Gasteiger partial charge is 0.259 e. The van der Waals surface area contributed by atoms with Crippen LogP contribution < -0.4 is 10.9 Å². The Morgan fingerprint density at radius 2 is 2.04 bits per heavy atom. The van der Waals surface area contributed by atoms with E-state index in [1.54, 1.807) is 42.5 Å². The number of nitrogens with zero attached hydrogens (tertiary/aromatic N) is 1. The number of fused-ring (bicyclic) bond motifs is 1. The molecule has 2 N–H and O–H groups in total. The Bertz CT molecular complexity index is 926. The number of thioether (sulfide) groups is 1. The van der Waals surface area contributed by atoms with Crippen LogP contribution in [0.25, 0.3) is 10.9 Å². The van der Waals surface area contributed by atoms with E-state index in [2.05, 4.69) is 15.3 Å². The van der Waals surface area contributed by atoms with E-state index in [1.165, 1.54) is 11.8 Å². The number of hydrogen-bond donors (Lipinski definition) is 2. The number of aromatic nitrogens is 2. The van der Waals surface area contributed by atoms with Crippen molar-refractivity contribution in [3.8, 4) is 0 Å². The molecule has 2 aromatic carbocycles. The van der Waals surface area contributed by atoms with Crippen LogP contribution in [0.1, 0.15) is 0 Å². The van der Waals surface area contributed by atoms with Crippen molar-refractivity contribution in [1.82, 2.24) is 9.97 Å². The molecule has 0 fully saturated rings. The van der Waals surface area contributed by atoms with E-state index >= 15 is 0 Å². The third-order valence-electron chi connectivity index (χ3n) is 3.04. The Hall–Kier alpha value is -2.31. The first-order valence-electron chi connectivity index (χ1n) is 6.79. The zero-order valence-corrected chi connectivity index (χ0v) is 13.4. The predicted molar refractivity (Wildman–Crippen MR) is 93.2 cm³/mol. The number of anilines is 1. The fourth-order valence-corrected chi connectivity index (χ4v) is 2.89. The van der Waals surface area contributed by atoms with Gasteiger partial charge in [-0.2, -0.15) is 0 Å². The monoisotopic (exact) mass is 345 g/mol. The number of carbonyl (C=O) groups excluding carboxylic acids is 1. The minimum atomic E-state index is -0.214. The Morgan fingerprint density at radius 1 is 1.22 bits per heavy atom. The quantitative estimate of drug-likeness (QED) is 0.562. The molecule has 0 aliphatic heterocycles. The minimum Gasteiger partial charge on any atom is -0.325 e. The van der Waals surface area contributed by atoms with Crippen LogP contribution in [0.3, 0.4) is 0 Å². The van der Waals surface area contributed by atoms with E-state index in [9.17, 15) is 9.59 Å². The highest BCUT2D eigenvalue weighted by atomic mass is 35.5. The first-order valence-corrected chi connectivity index (χ1v) is 8.15. The van der Waals surface area contributed by atoms with Gasteiger partial charge in [0, 0.05) is 10.7 Å². The average Bonchev–Trinajstić information content (AvgIpc) is 2.53. The summed E-state index contributed by atoms with van der Waals surface area (Å²) in [5.41, 5.74) is 1.02. The van der Waals surface area contributed by atoms with Crippen molar-refractivity contribution in [3.63, 3.8) is 0 Å². The number of H-pyrrole nitrogens is 1. The number of carbonyl (C=O) groups is 1. The molecule has 0 unspecified atom stereocenters. The lowest BCUT2D eigenvalue weighted by Crippen LogP contribution is -2.15. The predicted octanol–water partition coefficient (Wildman–Crippen LogP) is 3.31. The van der Waals surface area contributed by atoms with E-state index < -0.39 is 0 Å². The third-order valence-corrected chi connectivity index (χ3v) is 4.15. The number of hydrogen-bond acceptors (Lipinski definition) is 4. The van der Waals surface area contributed by atoms with Gasteiger partial charge in [0.05, 0.1) is 16.7 Å². The molecule has 1 amide bonds. The van der Waals surface area contributed by atoms with Gasteiger partial charge in [0.2, 0.25) is 5.91 Å². The van der Waals surface area contributed by atoms with Crippen molar-refractivity contribution in [2.75, 3.05) is 11.1 Å². The van der Waals surface area contributed by atoms with Crippen LogP contribution in [0.2, 0.25) is 5.02 Å². The van der Waals surface area contributed by atoms with Gasteiger partial charge < -0.3 is 10.3 Å². The summed E-state index contributed by atoms with van der Waals surface area (Å²) in [5, 5.41) is 4.23. The zero-order valence-electron chi connectivity index (χ0n) is 11.9. The summed E-state index contributed by atoms with van der Waals surface area (Å²) < 4.78 is 0. The molecule has 0 radical (unpaired) electrons. The molecule has 0 bridgehead atoms. The first kappa shape index (κ1) is 15.6. The molecule has 3 rings (SSSR count). The van der Waals surface area contributed by atoms with Crippen LogP contribution in [0.4, 0.5) is 5.69 Å². The van der Waals surface area contributed by atoms with E-state index in [0.29, 0.717) is 26.8 Å². The van der Waals surface area contributed by atoms with Gasteiger partial charge in [0.1, 0.15) is 0 Å². The molecule has 0 aliphatic carbocycles. The van der Waals surface area contributed by atoms with Gasteiger partial charge in [0.15, 0.2) is 5.16 Å². The van der Waals surface area contributed by atoms with Gasteiger partial charge in [-0.25, -0.2) is 4.98 Å².